The maximum absolute atomic E-state index is 13.8. The van der Waals surface area contributed by atoms with Gasteiger partial charge in [0.25, 0.3) is 0 Å². The van der Waals surface area contributed by atoms with Gasteiger partial charge in [0.15, 0.2) is 0 Å². The summed E-state index contributed by atoms with van der Waals surface area (Å²) in [4.78, 5) is 11.6. The summed E-state index contributed by atoms with van der Waals surface area (Å²) in [6.07, 6.45) is 1.05. The Kier molecular flexibility index (Phi) is 5.96. The number of carbonyl (C=O) groups excluding carboxylic acids is 1. The van der Waals surface area contributed by atoms with Gasteiger partial charge >= 0.3 is 5.97 Å². The van der Waals surface area contributed by atoms with Gasteiger partial charge in [-0.1, -0.05) is 26.0 Å². The quantitative estimate of drug-likeness (QED) is 0.558. The molecule has 4 heteroatoms. The lowest BCUT2D eigenvalue weighted by molar-refractivity contribution is -0.134. The molecule has 0 aromatic heterocycles. The van der Waals surface area contributed by atoms with Crippen molar-refractivity contribution in [1.82, 2.24) is 0 Å². The average Bonchev–Trinajstić information content (AvgIpc) is 2.56. The fourth-order valence-electron chi connectivity index (χ4n) is 2.43. The number of rotatable bonds is 6. The second-order valence-electron chi connectivity index (χ2n) is 5.73. The van der Waals surface area contributed by atoms with Crippen LogP contribution < -0.4 is 9.47 Å². The van der Waals surface area contributed by atoms with Crippen molar-refractivity contribution in [2.45, 2.75) is 47.1 Å². The minimum absolute atomic E-state index is 0.217. The van der Waals surface area contributed by atoms with E-state index in [-0.39, 0.29) is 18.4 Å². The van der Waals surface area contributed by atoms with E-state index in [2.05, 4.69) is 0 Å². The van der Waals surface area contributed by atoms with Crippen LogP contribution in [0.4, 0.5) is 4.39 Å². The van der Waals surface area contributed by atoms with Crippen LogP contribution in [0.5, 0.6) is 11.5 Å². The lowest BCUT2D eigenvalue weighted by Gasteiger charge is -2.16. The van der Waals surface area contributed by atoms with Crippen molar-refractivity contribution in [2.75, 3.05) is 0 Å². The van der Waals surface area contributed by atoms with Crippen LogP contribution in [-0.2, 0) is 17.8 Å². The van der Waals surface area contributed by atoms with E-state index >= 15 is 0 Å². The number of halogens is 1. The standard InChI is InChI=1S/C20H23FO3/c1-5-15-10-14(4)17(21)11-19(15)23-12-16-13(3)8-7-9-18(16)24-20(22)6-2/h7-11H,5-6,12H2,1-4H3. The third kappa shape index (κ3) is 4.13. The van der Waals surface area contributed by atoms with Crippen LogP contribution >= 0.6 is 0 Å². The zero-order valence-corrected chi connectivity index (χ0v) is 14.6. The summed E-state index contributed by atoms with van der Waals surface area (Å²) in [5.74, 6) is 0.436. The number of ether oxygens (including phenoxy) is 2. The second kappa shape index (κ2) is 7.95. The topological polar surface area (TPSA) is 35.5 Å². The summed E-state index contributed by atoms with van der Waals surface area (Å²) in [5.41, 5.74) is 3.31. The molecule has 0 unspecified atom stereocenters. The van der Waals surface area contributed by atoms with Gasteiger partial charge in [-0.25, -0.2) is 4.39 Å². The molecule has 0 aliphatic rings. The Bertz CT molecular complexity index is 738. The minimum Gasteiger partial charge on any atom is -0.488 e. The van der Waals surface area contributed by atoms with Gasteiger partial charge in [-0.05, 0) is 49.1 Å². The number of benzene rings is 2. The molecule has 2 aromatic carbocycles. The summed E-state index contributed by atoms with van der Waals surface area (Å²) in [6, 6.07) is 8.74. The number of aryl methyl sites for hydroxylation is 3. The first-order valence-electron chi connectivity index (χ1n) is 8.17. The first-order valence-corrected chi connectivity index (χ1v) is 8.17. The predicted octanol–water partition coefficient (Wildman–Crippen LogP) is 4.90. The number of hydrogen-bond acceptors (Lipinski definition) is 3. The number of carbonyl (C=O) groups is 1. The Morgan fingerprint density at radius 2 is 1.83 bits per heavy atom. The summed E-state index contributed by atoms with van der Waals surface area (Å²) in [6.45, 7) is 7.63. The maximum Gasteiger partial charge on any atom is 0.310 e. The fraction of sp³-hybridized carbons (Fsp3) is 0.350. The molecule has 3 nitrogen and oxygen atoms in total. The van der Waals surface area contributed by atoms with Crippen molar-refractivity contribution in [3.8, 4) is 11.5 Å². The third-order valence-corrected chi connectivity index (χ3v) is 3.97. The van der Waals surface area contributed by atoms with Crippen molar-refractivity contribution in [3.05, 3.63) is 58.4 Å². The van der Waals surface area contributed by atoms with Gasteiger partial charge in [0, 0.05) is 18.1 Å². The van der Waals surface area contributed by atoms with Crippen molar-refractivity contribution in [3.63, 3.8) is 0 Å². The molecule has 0 spiro atoms. The molecule has 0 N–H and O–H groups in total. The highest BCUT2D eigenvalue weighted by Crippen LogP contribution is 2.28. The van der Waals surface area contributed by atoms with Gasteiger partial charge in [0.2, 0.25) is 0 Å². The van der Waals surface area contributed by atoms with Crippen LogP contribution in [0, 0.1) is 19.7 Å². The van der Waals surface area contributed by atoms with Crippen LogP contribution in [0.3, 0.4) is 0 Å². The van der Waals surface area contributed by atoms with E-state index in [1.807, 2.05) is 26.0 Å². The molecular formula is C20H23FO3. The highest BCUT2D eigenvalue weighted by molar-refractivity contribution is 5.72. The van der Waals surface area contributed by atoms with Gasteiger partial charge in [-0.3, -0.25) is 4.79 Å². The van der Waals surface area contributed by atoms with Gasteiger partial charge in [0.1, 0.15) is 23.9 Å². The van der Waals surface area contributed by atoms with E-state index in [0.717, 1.165) is 23.1 Å². The number of hydrogen-bond donors (Lipinski definition) is 0. The van der Waals surface area contributed by atoms with Crippen molar-refractivity contribution in [1.29, 1.82) is 0 Å². The molecule has 0 fully saturated rings. The predicted molar refractivity (Wildman–Crippen MR) is 92.0 cm³/mol. The van der Waals surface area contributed by atoms with Gasteiger partial charge in [-0.15, -0.1) is 0 Å². The Morgan fingerprint density at radius 3 is 2.50 bits per heavy atom. The fourth-order valence-corrected chi connectivity index (χ4v) is 2.43. The molecule has 0 atom stereocenters. The molecule has 128 valence electrons. The molecule has 0 radical (unpaired) electrons. The van der Waals surface area contributed by atoms with Crippen LogP contribution in [-0.4, -0.2) is 5.97 Å². The number of esters is 1. The molecule has 0 saturated carbocycles. The second-order valence-corrected chi connectivity index (χ2v) is 5.73. The smallest absolute Gasteiger partial charge is 0.310 e. The van der Waals surface area contributed by atoms with E-state index in [0.29, 0.717) is 23.5 Å². The van der Waals surface area contributed by atoms with E-state index < -0.39 is 0 Å². The highest BCUT2D eigenvalue weighted by atomic mass is 19.1. The minimum atomic E-state index is -0.294. The molecule has 24 heavy (non-hydrogen) atoms. The molecule has 0 aliphatic carbocycles. The molecule has 2 aromatic rings. The maximum atomic E-state index is 13.8. The Hall–Kier alpha value is -2.36. The van der Waals surface area contributed by atoms with Crippen LogP contribution in [0.2, 0.25) is 0 Å². The molecule has 0 aliphatic heterocycles. The van der Waals surface area contributed by atoms with E-state index in [1.165, 1.54) is 6.07 Å². The van der Waals surface area contributed by atoms with E-state index in [9.17, 15) is 9.18 Å². The molecule has 0 bridgehead atoms. The van der Waals surface area contributed by atoms with Gasteiger partial charge in [0.05, 0.1) is 0 Å². The highest BCUT2D eigenvalue weighted by Gasteiger charge is 2.13. The summed E-state index contributed by atoms with van der Waals surface area (Å²) >= 11 is 0. The first-order chi connectivity index (χ1) is 11.5. The molecule has 2 rings (SSSR count). The zero-order valence-electron chi connectivity index (χ0n) is 14.6. The lowest BCUT2D eigenvalue weighted by atomic mass is 10.1. The molecule has 0 saturated heterocycles. The van der Waals surface area contributed by atoms with Crippen LogP contribution in [0.15, 0.2) is 30.3 Å². The zero-order chi connectivity index (χ0) is 17.7. The Balaban J connectivity index is 2.26. The average molecular weight is 330 g/mol. The molecular weight excluding hydrogens is 307 g/mol. The first kappa shape index (κ1) is 18.0. The van der Waals surface area contributed by atoms with Crippen molar-refractivity contribution >= 4 is 5.97 Å². The van der Waals surface area contributed by atoms with Gasteiger partial charge in [-0.2, -0.15) is 0 Å². The normalized spacial score (nSPS) is 10.5. The SMILES string of the molecule is CCC(=O)Oc1cccc(C)c1COc1cc(F)c(C)cc1CC. The Labute approximate surface area is 142 Å². The van der Waals surface area contributed by atoms with Crippen molar-refractivity contribution in [2.24, 2.45) is 0 Å². The monoisotopic (exact) mass is 330 g/mol. The third-order valence-electron chi connectivity index (χ3n) is 3.97. The van der Waals surface area contributed by atoms with E-state index in [1.54, 1.807) is 26.0 Å². The van der Waals surface area contributed by atoms with E-state index in [4.69, 9.17) is 9.47 Å². The summed E-state index contributed by atoms with van der Waals surface area (Å²) in [7, 11) is 0. The Morgan fingerprint density at radius 1 is 1.08 bits per heavy atom. The van der Waals surface area contributed by atoms with Gasteiger partial charge < -0.3 is 9.47 Å². The lowest BCUT2D eigenvalue weighted by Crippen LogP contribution is -2.10. The largest absolute Gasteiger partial charge is 0.488 e. The van der Waals surface area contributed by atoms with Crippen LogP contribution in [0.25, 0.3) is 0 Å². The van der Waals surface area contributed by atoms with Crippen LogP contribution in [0.1, 0.15) is 42.5 Å². The molecule has 0 amide bonds. The summed E-state index contributed by atoms with van der Waals surface area (Å²) < 4.78 is 25.1. The van der Waals surface area contributed by atoms with Crippen molar-refractivity contribution < 1.29 is 18.7 Å². The summed E-state index contributed by atoms with van der Waals surface area (Å²) in [5, 5.41) is 0. The molecule has 0 heterocycles.